The molecule has 0 aliphatic carbocycles. The molecule has 8 heteroatoms. The van der Waals surface area contributed by atoms with E-state index in [0.29, 0.717) is 16.1 Å². The summed E-state index contributed by atoms with van der Waals surface area (Å²) in [5.74, 6) is 5.82. The molecule has 3 aromatic rings. The monoisotopic (exact) mass is 354 g/mol. The molecule has 5 nitrogen and oxygen atoms in total. The van der Waals surface area contributed by atoms with Gasteiger partial charge in [-0.25, -0.2) is 15.2 Å². The lowest BCUT2D eigenvalue weighted by atomic mass is 10.3. The van der Waals surface area contributed by atoms with Crippen LogP contribution in [0.3, 0.4) is 0 Å². The summed E-state index contributed by atoms with van der Waals surface area (Å²) in [5, 5.41) is 2.61. The highest BCUT2D eigenvalue weighted by Gasteiger charge is 2.12. The third-order valence-electron chi connectivity index (χ3n) is 2.52. The van der Waals surface area contributed by atoms with E-state index in [9.17, 15) is 4.39 Å². The van der Waals surface area contributed by atoms with Gasteiger partial charge in [0.1, 0.15) is 16.4 Å². The maximum atomic E-state index is 13.3. The van der Waals surface area contributed by atoms with Gasteiger partial charge in [0.15, 0.2) is 0 Å². The van der Waals surface area contributed by atoms with Crippen molar-refractivity contribution in [3.8, 4) is 11.6 Å². The van der Waals surface area contributed by atoms with Gasteiger partial charge in [0.25, 0.3) is 0 Å². The van der Waals surface area contributed by atoms with E-state index in [1.807, 2.05) is 11.4 Å². The summed E-state index contributed by atoms with van der Waals surface area (Å²) in [6.07, 6.45) is 0. The van der Waals surface area contributed by atoms with Crippen molar-refractivity contribution < 1.29 is 9.13 Å². The smallest absolute Gasteiger partial charge is 0.241 e. The molecule has 0 aliphatic heterocycles. The molecule has 2 heterocycles. The maximum Gasteiger partial charge on any atom is 0.241 e. The second-order valence-electron chi connectivity index (χ2n) is 3.81. The van der Waals surface area contributed by atoms with Crippen LogP contribution in [0.15, 0.2) is 34.1 Å². The number of fused-ring (bicyclic) bond motifs is 1. The molecule has 0 unspecified atom stereocenters. The van der Waals surface area contributed by atoms with Crippen LogP contribution in [0.4, 0.5) is 10.3 Å². The number of nitrogen functional groups attached to an aromatic ring is 1. The SMILES string of the molecule is NNc1nc(Oc2cc(F)ccc2Br)c2ccsc2n1. The molecule has 0 aliphatic rings. The fourth-order valence-electron chi connectivity index (χ4n) is 1.63. The highest BCUT2D eigenvalue weighted by Crippen LogP contribution is 2.34. The Morgan fingerprint density at radius 2 is 2.15 bits per heavy atom. The van der Waals surface area contributed by atoms with Gasteiger partial charge in [0, 0.05) is 6.07 Å². The lowest BCUT2D eigenvalue weighted by Crippen LogP contribution is -2.10. The van der Waals surface area contributed by atoms with E-state index in [1.54, 1.807) is 6.07 Å². The molecule has 0 saturated heterocycles. The zero-order valence-electron chi connectivity index (χ0n) is 9.93. The van der Waals surface area contributed by atoms with Crippen LogP contribution >= 0.6 is 27.3 Å². The molecule has 0 radical (unpaired) electrons. The first-order chi connectivity index (χ1) is 9.67. The fourth-order valence-corrected chi connectivity index (χ4v) is 2.71. The van der Waals surface area contributed by atoms with Crippen LogP contribution in [0.5, 0.6) is 11.6 Å². The molecule has 0 bridgehead atoms. The van der Waals surface area contributed by atoms with Gasteiger partial charge in [-0.15, -0.1) is 11.3 Å². The Bertz CT molecular complexity index is 779. The lowest BCUT2D eigenvalue weighted by Gasteiger charge is -2.09. The summed E-state index contributed by atoms with van der Waals surface area (Å²) in [6.45, 7) is 0. The van der Waals surface area contributed by atoms with E-state index >= 15 is 0 Å². The minimum absolute atomic E-state index is 0.238. The predicted molar refractivity (Wildman–Crippen MR) is 79.4 cm³/mol. The van der Waals surface area contributed by atoms with Crippen molar-refractivity contribution in [2.24, 2.45) is 5.84 Å². The van der Waals surface area contributed by atoms with Gasteiger partial charge in [-0.3, -0.25) is 5.43 Å². The number of aromatic nitrogens is 2. The minimum Gasteiger partial charge on any atom is -0.437 e. The van der Waals surface area contributed by atoms with E-state index in [1.165, 1.54) is 23.5 Å². The first kappa shape index (κ1) is 13.2. The third-order valence-corrected chi connectivity index (χ3v) is 3.98. The van der Waals surface area contributed by atoms with Crippen molar-refractivity contribution in [3.63, 3.8) is 0 Å². The number of nitrogens with zero attached hydrogens (tertiary/aromatic N) is 2. The van der Waals surface area contributed by atoms with Crippen LogP contribution in [0.25, 0.3) is 10.2 Å². The van der Waals surface area contributed by atoms with Crippen LogP contribution in [0, 0.1) is 5.82 Å². The van der Waals surface area contributed by atoms with Crippen LogP contribution in [0.2, 0.25) is 0 Å². The molecule has 0 saturated carbocycles. The number of halogens is 2. The van der Waals surface area contributed by atoms with E-state index in [0.717, 1.165) is 10.2 Å². The van der Waals surface area contributed by atoms with Crippen LogP contribution < -0.4 is 16.0 Å². The fraction of sp³-hybridized carbons (Fsp3) is 0. The maximum absolute atomic E-state index is 13.3. The van der Waals surface area contributed by atoms with Crippen molar-refractivity contribution in [3.05, 3.63) is 39.9 Å². The molecule has 2 aromatic heterocycles. The molecule has 0 fully saturated rings. The number of hydrogen-bond donors (Lipinski definition) is 2. The summed E-state index contributed by atoms with van der Waals surface area (Å²) < 4.78 is 19.6. The Balaban J connectivity index is 2.09. The van der Waals surface area contributed by atoms with Crippen molar-refractivity contribution in [2.45, 2.75) is 0 Å². The van der Waals surface area contributed by atoms with Gasteiger partial charge in [-0.1, -0.05) is 0 Å². The van der Waals surface area contributed by atoms with Crippen molar-refractivity contribution >= 4 is 43.4 Å². The first-order valence-corrected chi connectivity index (χ1v) is 7.19. The summed E-state index contributed by atoms with van der Waals surface area (Å²) >= 11 is 4.74. The van der Waals surface area contributed by atoms with Crippen molar-refractivity contribution in [1.29, 1.82) is 0 Å². The summed E-state index contributed by atoms with van der Waals surface area (Å²) in [4.78, 5) is 9.09. The van der Waals surface area contributed by atoms with E-state index < -0.39 is 5.82 Å². The van der Waals surface area contributed by atoms with Gasteiger partial charge in [0.05, 0.1) is 9.86 Å². The van der Waals surface area contributed by atoms with E-state index in [2.05, 4.69) is 31.3 Å². The van der Waals surface area contributed by atoms with Gasteiger partial charge < -0.3 is 4.74 Å². The van der Waals surface area contributed by atoms with Crippen LogP contribution in [0.1, 0.15) is 0 Å². The predicted octanol–water partition coefficient (Wildman–Crippen LogP) is 3.67. The minimum atomic E-state index is -0.393. The highest BCUT2D eigenvalue weighted by molar-refractivity contribution is 9.10. The van der Waals surface area contributed by atoms with Crippen molar-refractivity contribution in [1.82, 2.24) is 9.97 Å². The van der Waals surface area contributed by atoms with Crippen molar-refractivity contribution in [2.75, 3.05) is 5.43 Å². The molecular weight excluding hydrogens is 347 g/mol. The second-order valence-corrected chi connectivity index (χ2v) is 5.56. The summed E-state index contributed by atoms with van der Waals surface area (Å²) in [6, 6.07) is 6.02. The van der Waals surface area contributed by atoms with Crippen LogP contribution in [-0.2, 0) is 0 Å². The number of hydrazine groups is 1. The lowest BCUT2D eigenvalue weighted by molar-refractivity contribution is 0.461. The average molecular weight is 355 g/mol. The Morgan fingerprint density at radius 1 is 1.30 bits per heavy atom. The molecule has 3 N–H and O–H groups in total. The number of anilines is 1. The molecule has 0 atom stereocenters. The Morgan fingerprint density at radius 3 is 2.95 bits per heavy atom. The molecule has 0 amide bonds. The number of nitrogens with two attached hydrogens (primary N) is 1. The Hall–Kier alpha value is -1.77. The Kier molecular flexibility index (Phi) is 3.51. The summed E-state index contributed by atoms with van der Waals surface area (Å²) in [7, 11) is 0. The van der Waals surface area contributed by atoms with E-state index in [-0.39, 0.29) is 5.95 Å². The normalized spacial score (nSPS) is 10.8. The number of ether oxygens (including phenoxy) is 1. The largest absolute Gasteiger partial charge is 0.437 e. The molecule has 0 spiro atoms. The highest BCUT2D eigenvalue weighted by atomic mass is 79.9. The molecule has 1 aromatic carbocycles. The standard InChI is InChI=1S/C12H8BrFN4OS/c13-8-2-1-6(14)5-9(8)19-10-7-3-4-20-11(7)17-12(16-10)18-15/h1-5H,15H2,(H,16,17,18). The third kappa shape index (κ3) is 2.45. The van der Waals surface area contributed by atoms with Crippen LogP contribution in [-0.4, -0.2) is 9.97 Å². The zero-order valence-corrected chi connectivity index (χ0v) is 12.3. The number of rotatable bonds is 3. The van der Waals surface area contributed by atoms with E-state index in [4.69, 9.17) is 10.6 Å². The molecule has 20 heavy (non-hydrogen) atoms. The number of benzene rings is 1. The molecular formula is C12H8BrFN4OS. The number of hydrogen-bond acceptors (Lipinski definition) is 6. The quantitative estimate of drug-likeness (QED) is 0.554. The zero-order chi connectivity index (χ0) is 14.1. The van der Waals surface area contributed by atoms with Gasteiger partial charge in [0.2, 0.25) is 11.8 Å². The second kappa shape index (κ2) is 5.31. The topological polar surface area (TPSA) is 73.1 Å². The van der Waals surface area contributed by atoms with Gasteiger partial charge >= 0.3 is 0 Å². The Labute approximate surface area is 125 Å². The average Bonchev–Trinajstić information content (AvgIpc) is 2.91. The first-order valence-electron chi connectivity index (χ1n) is 5.52. The summed E-state index contributed by atoms with van der Waals surface area (Å²) in [5.41, 5.74) is 2.38. The molecule has 3 rings (SSSR count). The van der Waals surface area contributed by atoms with Gasteiger partial charge in [-0.05, 0) is 39.5 Å². The number of nitrogens with one attached hydrogen (secondary N) is 1. The molecule has 102 valence electrons. The number of thiophene rings is 1. The van der Waals surface area contributed by atoms with Gasteiger partial charge in [-0.2, -0.15) is 4.98 Å².